The van der Waals surface area contributed by atoms with E-state index in [1.165, 1.54) is 0 Å². The van der Waals surface area contributed by atoms with E-state index in [1.807, 2.05) is 30.3 Å². The zero-order chi connectivity index (χ0) is 12.6. The number of hydrogen-bond donors (Lipinski definition) is 1. The van der Waals surface area contributed by atoms with Gasteiger partial charge in [0.1, 0.15) is 6.61 Å². The molecule has 0 saturated carbocycles. The van der Waals surface area contributed by atoms with Gasteiger partial charge in [-0.1, -0.05) is 43.9 Å². The molecule has 0 fully saturated rings. The number of nitrogens with two attached hydrogens (primary N) is 1. The predicted octanol–water partition coefficient (Wildman–Crippen LogP) is 2.57. The van der Waals surface area contributed by atoms with Crippen molar-refractivity contribution in [1.29, 1.82) is 0 Å². The average Bonchev–Trinajstić information content (AvgIpc) is 2.39. The minimum atomic E-state index is -0.200. The van der Waals surface area contributed by atoms with Gasteiger partial charge in [0, 0.05) is 11.1 Å². The van der Waals surface area contributed by atoms with Crippen molar-refractivity contribution >= 4 is 0 Å². The van der Waals surface area contributed by atoms with Crippen LogP contribution in [0.15, 0.2) is 30.3 Å². The molecule has 0 heterocycles. The molecular formula is C15H21NO. The Labute approximate surface area is 104 Å². The lowest BCUT2D eigenvalue weighted by Crippen LogP contribution is -2.43. The Morgan fingerprint density at radius 3 is 2.41 bits per heavy atom. The standard InChI is InChI=1S/C15H21NO/c1-3-15(16,4-2)13-17-12-8-11-14-9-6-5-7-10-14/h5-7,9-10H,3-4,12-13,16H2,1-2H3. The van der Waals surface area contributed by atoms with Crippen molar-refractivity contribution in [2.24, 2.45) is 5.73 Å². The maximum atomic E-state index is 6.12. The zero-order valence-electron chi connectivity index (χ0n) is 10.7. The summed E-state index contributed by atoms with van der Waals surface area (Å²) in [6, 6.07) is 9.90. The molecule has 0 radical (unpaired) electrons. The molecule has 0 saturated heterocycles. The summed E-state index contributed by atoms with van der Waals surface area (Å²) in [6.45, 7) is 5.18. The molecule has 0 amide bonds. The molecule has 1 aromatic rings. The van der Waals surface area contributed by atoms with Crippen LogP contribution >= 0.6 is 0 Å². The molecule has 0 aromatic heterocycles. The van der Waals surface area contributed by atoms with E-state index >= 15 is 0 Å². The lowest BCUT2D eigenvalue weighted by molar-refractivity contribution is 0.105. The highest BCUT2D eigenvalue weighted by Crippen LogP contribution is 2.10. The topological polar surface area (TPSA) is 35.2 Å². The molecule has 0 aliphatic carbocycles. The second kappa shape index (κ2) is 7.11. The maximum Gasteiger partial charge on any atom is 0.108 e. The summed E-state index contributed by atoms with van der Waals surface area (Å²) < 4.78 is 5.50. The van der Waals surface area contributed by atoms with Gasteiger partial charge < -0.3 is 10.5 Å². The van der Waals surface area contributed by atoms with Crippen molar-refractivity contribution in [3.63, 3.8) is 0 Å². The Balaban J connectivity index is 2.32. The quantitative estimate of drug-likeness (QED) is 0.624. The van der Waals surface area contributed by atoms with Crippen LogP contribution in [0.5, 0.6) is 0 Å². The highest BCUT2D eigenvalue weighted by molar-refractivity contribution is 5.33. The van der Waals surface area contributed by atoms with Crippen LogP contribution in [0.1, 0.15) is 32.3 Å². The molecule has 1 aromatic carbocycles. The summed E-state index contributed by atoms with van der Waals surface area (Å²) in [4.78, 5) is 0. The molecule has 2 N–H and O–H groups in total. The fourth-order valence-electron chi connectivity index (χ4n) is 1.42. The molecule has 2 heteroatoms. The summed E-state index contributed by atoms with van der Waals surface area (Å²) in [5, 5.41) is 0. The Bertz CT molecular complexity index is 371. The van der Waals surface area contributed by atoms with Crippen molar-refractivity contribution in [3.8, 4) is 11.8 Å². The third-order valence-corrected chi connectivity index (χ3v) is 2.98. The summed E-state index contributed by atoms with van der Waals surface area (Å²) in [5.74, 6) is 6.05. The molecular weight excluding hydrogens is 210 g/mol. The number of ether oxygens (including phenoxy) is 1. The first-order valence-corrected chi connectivity index (χ1v) is 6.11. The number of hydrogen-bond acceptors (Lipinski definition) is 2. The van der Waals surface area contributed by atoms with E-state index in [0.717, 1.165) is 18.4 Å². The predicted molar refractivity (Wildman–Crippen MR) is 71.6 cm³/mol. The second-order valence-electron chi connectivity index (χ2n) is 4.23. The van der Waals surface area contributed by atoms with Crippen LogP contribution in [0.2, 0.25) is 0 Å². The van der Waals surface area contributed by atoms with Crippen molar-refractivity contribution < 1.29 is 4.74 Å². The van der Waals surface area contributed by atoms with E-state index in [1.54, 1.807) is 0 Å². The van der Waals surface area contributed by atoms with Crippen molar-refractivity contribution in [2.45, 2.75) is 32.2 Å². The van der Waals surface area contributed by atoms with Gasteiger partial charge >= 0.3 is 0 Å². The molecule has 0 aliphatic heterocycles. The molecule has 17 heavy (non-hydrogen) atoms. The van der Waals surface area contributed by atoms with Crippen LogP contribution in [0.4, 0.5) is 0 Å². The third kappa shape index (κ3) is 5.04. The van der Waals surface area contributed by atoms with E-state index in [2.05, 4.69) is 25.7 Å². The molecule has 0 unspecified atom stereocenters. The highest BCUT2D eigenvalue weighted by atomic mass is 16.5. The van der Waals surface area contributed by atoms with Gasteiger partial charge in [0.05, 0.1) is 6.61 Å². The van der Waals surface area contributed by atoms with E-state index in [0.29, 0.717) is 13.2 Å². The Morgan fingerprint density at radius 2 is 1.82 bits per heavy atom. The van der Waals surface area contributed by atoms with Crippen LogP contribution < -0.4 is 5.73 Å². The van der Waals surface area contributed by atoms with Gasteiger partial charge in [0.15, 0.2) is 0 Å². The Morgan fingerprint density at radius 1 is 1.18 bits per heavy atom. The summed E-state index contributed by atoms with van der Waals surface area (Å²) in [6.07, 6.45) is 1.85. The third-order valence-electron chi connectivity index (χ3n) is 2.98. The van der Waals surface area contributed by atoms with Crippen molar-refractivity contribution in [1.82, 2.24) is 0 Å². The van der Waals surface area contributed by atoms with Crippen LogP contribution in [0.3, 0.4) is 0 Å². The van der Waals surface area contributed by atoms with Gasteiger partial charge in [0.2, 0.25) is 0 Å². The van der Waals surface area contributed by atoms with Crippen molar-refractivity contribution in [3.05, 3.63) is 35.9 Å². The number of rotatable bonds is 5. The fourth-order valence-corrected chi connectivity index (χ4v) is 1.42. The Hall–Kier alpha value is -1.30. The monoisotopic (exact) mass is 231 g/mol. The lowest BCUT2D eigenvalue weighted by atomic mass is 9.96. The summed E-state index contributed by atoms with van der Waals surface area (Å²) in [5.41, 5.74) is 6.93. The van der Waals surface area contributed by atoms with E-state index < -0.39 is 0 Å². The van der Waals surface area contributed by atoms with Crippen LogP contribution in [0.25, 0.3) is 0 Å². The minimum absolute atomic E-state index is 0.200. The minimum Gasteiger partial charge on any atom is -0.367 e. The van der Waals surface area contributed by atoms with Crippen LogP contribution in [-0.2, 0) is 4.74 Å². The first kappa shape index (κ1) is 13.8. The lowest BCUT2D eigenvalue weighted by Gasteiger charge is -2.25. The molecule has 1 rings (SSSR count). The molecule has 0 spiro atoms. The largest absolute Gasteiger partial charge is 0.367 e. The second-order valence-corrected chi connectivity index (χ2v) is 4.23. The van der Waals surface area contributed by atoms with Gasteiger partial charge in [-0.3, -0.25) is 0 Å². The summed E-state index contributed by atoms with van der Waals surface area (Å²) in [7, 11) is 0. The normalized spacial score (nSPS) is 10.8. The van der Waals surface area contributed by atoms with Crippen LogP contribution in [0, 0.1) is 11.8 Å². The maximum absolute atomic E-state index is 6.12. The molecule has 0 atom stereocenters. The van der Waals surface area contributed by atoms with Gasteiger partial charge in [-0.15, -0.1) is 0 Å². The zero-order valence-corrected chi connectivity index (χ0v) is 10.7. The van der Waals surface area contributed by atoms with Gasteiger partial charge in [0.25, 0.3) is 0 Å². The van der Waals surface area contributed by atoms with E-state index in [4.69, 9.17) is 10.5 Å². The number of benzene rings is 1. The fraction of sp³-hybridized carbons (Fsp3) is 0.467. The van der Waals surface area contributed by atoms with Gasteiger partial charge in [-0.25, -0.2) is 0 Å². The van der Waals surface area contributed by atoms with E-state index in [-0.39, 0.29) is 5.54 Å². The van der Waals surface area contributed by atoms with Gasteiger partial charge in [-0.05, 0) is 25.0 Å². The first-order chi connectivity index (χ1) is 8.20. The Kier molecular flexibility index (Phi) is 5.76. The van der Waals surface area contributed by atoms with Crippen molar-refractivity contribution in [2.75, 3.05) is 13.2 Å². The van der Waals surface area contributed by atoms with Crippen LogP contribution in [-0.4, -0.2) is 18.8 Å². The summed E-state index contributed by atoms with van der Waals surface area (Å²) >= 11 is 0. The average molecular weight is 231 g/mol. The molecule has 2 nitrogen and oxygen atoms in total. The molecule has 0 bridgehead atoms. The molecule has 92 valence electrons. The highest BCUT2D eigenvalue weighted by Gasteiger charge is 2.19. The SMILES string of the molecule is CCC(N)(CC)COCC#Cc1ccccc1. The first-order valence-electron chi connectivity index (χ1n) is 6.11. The molecule has 0 aliphatic rings. The van der Waals surface area contributed by atoms with E-state index in [9.17, 15) is 0 Å². The smallest absolute Gasteiger partial charge is 0.108 e. The van der Waals surface area contributed by atoms with Gasteiger partial charge in [-0.2, -0.15) is 0 Å².